The zero-order valence-corrected chi connectivity index (χ0v) is 10.9. The molecule has 0 amide bonds. The largest absolute Gasteiger partial charge is 0.257 e. The Morgan fingerprint density at radius 3 is 2.79 bits per heavy atom. The van der Waals surface area contributed by atoms with E-state index < -0.39 is 0 Å². The fourth-order valence-electron chi connectivity index (χ4n) is 1.14. The van der Waals surface area contributed by atoms with Crippen LogP contribution in [-0.2, 0) is 0 Å². The Morgan fingerprint density at radius 2 is 2.14 bits per heavy atom. The lowest BCUT2D eigenvalue weighted by Gasteiger charge is -1.97. The van der Waals surface area contributed by atoms with Gasteiger partial charge in [0.25, 0.3) is 0 Å². The summed E-state index contributed by atoms with van der Waals surface area (Å²) in [4.78, 5) is 0. The van der Waals surface area contributed by atoms with Gasteiger partial charge in [0.2, 0.25) is 0 Å². The second kappa shape index (κ2) is 7.43. The van der Waals surface area contributed by atoms with E-state index in [0.717, 1.165) is 8.29 Å². The summed E-state index contributed by atoms with van der Waals surface area (Å²) in [6.07, 6.45) is 6.68. The summed E-state index contributed by atoms with van der Waals surface area (Å²) in [7, 11) is 0. The molecule has 2 nitrogen and oxygen atoms in total. The molecule has 80 valence electrons. The third-order valence-corrected chi connectivity index (χ3v) is 4.21. The average Bonchev–Trinajstić information content (AvgIpc) is 2.58. The van der Waals surface area contributed by atoms with Crippen LogP contribution in [0.5, 0.6) is 0 Å². The fourth-order valence-corrected chi connectivity index (χ4v) is 3.29. The quantitative estimate of drug-likeness (QED) is 0.444. The van der Waals surface area contributed by atoms with Gasteiger partial charge in [0.1, 0.15) is 0 Å². The van der Waals surface area contributed by atoms with E-state index in [4.69, 9.17) is 12.2 Å². The Balaban J connectivity index is 2.02. The number of hydrogen-bond donors (Lipinski definition) is 1. The van der Waals surface area contributed by atoms with E-state index in [1.165, 1.54) is 37.9 Å². The molecule has 1 aromatic rings. The molecule has 1 heterocycles. The van der Waals surface area contributed by atoms with Gasteiger partial charge >= 0.3 is 0 Å². The third-order valence-electron chi connectivity index (χ3n) is 1.89. The first-order valence-electron chi connectivity index (χ1n) is 5.01. The molecule has 0 atom stereocenters. The molecule has 0 aliphatic heterocycles. The number of aromatic amines is 1. The molecule has 0 saturated carbocycles. The standard InChI is InChI=1S/C9H16N2S3/c1-2-3-4-5-6-7-13-9-11-10-8(12)14-9/h2-7H2,1H3,(H,10,12). The van der Waals surface area contributed by atoms with Crippen molar-refractivity contribution in [2.75, 3.05) is 5.75 Å². The summed E-state index contributed by atoms with van der Waals surface area (Å²) in [5, 5.41) is 6.89. The van der Waals surface area contributed by atoms with Gasteiger partial charge in [0.05, 0.1) is 0 Å². The molecule has 5 heteroatoms. The monoisotopic (exact) mass is 248 g/mol. The molecule has 0 aliphatic carbocycles. The highest BCUT2D eigenvalue weighted by Crippen LogP contribution is 2.21. The number of unbranched alkanes of at least 4 members (excludes halogenated alkanes) is 4. The van der Waals surface area contributed by atoms with E-state index in [1.807, 2.05) is 11.8 Å². The van der Waals surface area contributed by atoms with Crippen molar-refractivity contribution in [1.82, 2.24) is 10.2 Å². The molecule has 0 radical (unpaired) electrons. The average molecular weight is 248 g/mol. The zero-order valence-electron chi connectivity index (χ0n) is 8.41. The number of nitrogens with one attached hydrogen (secondary N) is 1. The molecule has 0 spiro atoms. The number of hydrogen-bond acceptors (Lipinski definition) is 4. The first-order chi connectivity index (χ1) is 6.83. The second-order valence-electron chi connectivity index (χ2n) is 3.14. The van der Waals surface area contributed by atoms with Crippen LogP contribution in [0.3, 0.4) is 0 Å². The van der Waals surface area contributed by atoms with Crippen molar-refractivity contribution < 1.29 is 0 Å². The fraction of sp³-hybridized carbons (Fsp3) is 0.778. The van der Waals surface area contributed by atoms with Crippen LogP contribution >= 0.6 is 35.3 Å². The van der Waals surface area contributed by atoms with Crippen LogP contribution in [0.15, 0.2) is 4.34 Å². The lowest BCUT2D eigenvalue weighted by Crippen LogP contribution is -1.81. The lowest BCUT2D eigenvalue weighted by molar-refractivity contribution is 0.659. The Hall–Kier alpha value is 0.130. The van der Waals surface area contributed by atoms with Gasteiger partial charge in [-0.3, -0.25) is 5.10 Å². The second-order valence-corrected chi connectivity index (χ2v) is 6.15. The number of aromatic nitrogens is 2. The first-order valence-corrected chi connectivity index (χ1v) is 7.22. The molecule has 0 unspecified atom stereocenters. The van der Waals surface area contributed by atoms with Crippen molar-refractivity contribution in [3.63, 3.8) is 0 Å². The number of nitrogens with zero attached hydrogens (tertiary/aromatic N) is 1. The Labute approximate surface area is 98.5 Å². The zero-order chi connectivity index (χ0) is 10.2. The molecule has 0 aliphatic rings. The summed E-state index contributed by atoms with van der Waals surface area (Å²) in [5.74, 6) is 1.17. The van der Waals surface area contributed by atoms with E-state index >= 15 is 0 Å². The topological polar surface area (TPSA) is 28.7 Å². The van der Waals surface area contributed by atoms with Gasteiger partial charge in [-0.2, -0.15) is 5.10 Å². The Morgan fingerprint density at radius 1 is 1.36 bits per heavy atom. The number of H-pyrrole nitrogens is 1. The van der Waals surface area contributed by atoms with E-state index in [0.29, 0.717) is 0 Å². The van der Waals surface area contributed by atoms with Crippen LogP contribution in [0.2, 0.25) is 0 Å². The minimum atomic E-state index is 0.776. The third kappa shape index (κ3) is 5.12. The van der Waals surface area contributed by atoms with Gasteiger partial charge in [-0.05, 0) is 18.6 Å². The van der Waals surface area contributed by atoms with Crippen molar-refractivity contribution in [3.05, 3.63) is 3.95 Å². The Kier molecular flexibility index (Phi) is 6.47. The summed E-state index contributed by atoms with van der Waals surface area (Å²) in [6.45, 7) is 2.24. The molecular weight excluding hydrogens is 232 g/mol. The smallest absolute Gasteiger partial charge is 0.177 e. The van der Waals surface area contributed by atoms with E-state index in [1.54, 1.807) is 11.3 Å². The summed E-state index contributed by atoms with van der Waals surface area (Å²) < 4.78 is 1.85. The van der Waals surface area contributed by atoms with E-state index in [2.05, 4.69) is 17.1 Å². The van der Waals surface area contributed by atoms with Crippen LogP contribution in [0.4, 0.5) is 0 Å². The number of rotatable bonds is 7. The minimum absolute atomic E-state index is 0.776. The number of thioether (sulfide) groups is 1. The molecule has 1 aromatic heterocycles. The summed E-state index contributed by atoms with van der Waals surface area (Å²) >= 11 is 8.33. The molecule has 0 bridgehead atoms. The van der Waals surface area contributed by atoms with Gasteiger partial charge in [-0.25, -0.2) is 0 Å². The molecule has 1 N–H and O–H groups in total. The van der Waals surface area contributed by atoms with Gasteiger partial charge in [0, 0.05) is 5.75 Å². The molecule has 14 heavy (non-hydrogen) atoms. The van der Waals surface area contributed by atoms with E-state index in [-0.39, 0.29) is 0 Å². The molecular formula is C9H16N2S3. The first kappa shape index (κ1) is 12.2. The van der Waals surface area contributed by atoms with Crippen molar-refractivity contribution >= 4 is 35.3 Å². The van der Waals surface area contributed by atoms with Crippen LogP contribution in [0, 0.1) is 3.95 Å². The summed E-state index contributed by atoms with van der Waals surface area (Å²) in [6, 6.07) is 0. The van der Waals surface area contributed by atoms with E-state index in [9.17, 15) is 0 Å². The van der Waals surface area contributed by atoms with Gasteiger partial charge in [-0.1, -0.05) is 55.7 Å². The van der Waals surface area contributed by atoms with Crippen molar-refractivity contribution in [2.45, 2.75) is 43.4 Å². The molecule has 0 aromatic carbocycles. The molecule has 0 saturated heterocycles. The Bertz CT molecular complexity index is 292. The highest BCUT2D eigenvalue weighted by Gasteiger charge is 1.97. The highest BCUT2D eigenvalue weighted by atomic mass is 32.2. The predicted molar refractivity (Wildman–Crippen MR) is 66.8 cm³/mol. The highest BCUT2D eigenvalue weighted by molar-refractivity contribution is 8.01. The van der Waals surface area contributed by atoms with Crippen molar-refractivity contribution in [1.29, 1.82) is 0 Å². The van der Waals surface area contributed by atoms with Crippen LogP contribution < -0.4 is 0 Å². The minimum Gasteiger partial charge on any atom is -0.257 e. The molecule has 1 rings (SSSR count). The maximum absolute atomic E-state index is 4.96. The maximum Gasteiger partial charge on any atom is 0.177 e. The normalized spacial score (nSPS) is 10.6. The SMILES string of the molecule is CCCCCCCSc1n[nH]c(=S)s1. The maximum atomic E-state index is 4.96. The van der Waals surface area contributed by atoms with Gasteiger partial charge < -0.3 is 0 Å². The van der Waals surface area contributed by atoms with Crippen molar-refractivity contribution in [3.8, 4) is 0 Å². The van der Waals surface area contributed by atoms with Crippen LogP contribution in [0.25, 0.3) is 0 Å². The van der Waals surface area contributed by atoms with Crippen LogP contribution in [-0.4, -0.2) is 16.0 Å². The van der Waals surface area contributed by atoms with Gasteiger partial charge in [-0.15, -0.1) is 0 Å². The lowest BCUT2D eigenvalue weighted by atomic mass is 10.2. The van der Waals surface area contributed by atoms with Crippen molar-refractivity contribution in [2.24, 2.45) is 0 Å². The molecule has 0 fully saturated rings. The van der Waals surface area contributed by atoms with Gasteiger partial charge in [0.15, 0.2) is 8.29 Å². The predicted octanol–water partition coefficient (Wildman–Crippen LogP) is 4.26. The summed E-state index contributed by atoms with van der Waals surface area (Å²) in [5.41, 5.74) is 0. The van der Waals surface area contributed by atoms with Crippen LogP contribution in [0.1, 0.15) is 39.0 Å².